The van der Waals surface area contributed by atoms with Crippen LogP contribution in [0.3, 0.4) is 0 Å². The van der Waals surface area contributed by atoms with Gasteiger partial charge >= 0.3 is 0 Å². The fraction of sp³-hybridized carbons (Fsp3) is 0.286. The summed E-state index contributed by atoms with van der Waals surface area (Å²) in [6, 6.07) is 11.0. The van der Waals surface area contributed by atoms with Crippen molar-refractivity contribution in [3.8, 4) is 0 Å². The maximum Gasteiger partial charge on any atom is 0.263 e. The zero-order valence-electron chi connectivity index (χ0n) is 16.6. The van der Waals surface area contributed by atoms with E-state index in [1.165, 1.54) is 4.57 Å². The Hall–Kier alpha value is -3.19. The molecule has 3 aromatic rings. The number of aryl methyl sites for hydroxylation is 2. The van der Waals surface area contributed by atoms with Crippen LogP contribution >= 0.6 is 0 Å². The average molecular weight is 379 g/mol. The fourth-order valence-corrected chi connectivity index (χ4v) is 2.90. The number of hydrogen-bond donors (Lipinski definition) is 2. The molecule has 28 heavy (non-hydrogen) atoms. The molecule has 0 saturated heterocycles. The van der Waals surface area contributed by atoms with Crippen LogP contribution in [-0.2, 0) is 7.05 Å². The summed E-state index contributed by atoms with van der Waals surface area (Å²) in [6.45, 7) is 3.63. The first-order valence-corrected chi connectivity index (χ1v) is 9.11. The molecular weight excluding hydrogens is 354 g/mol. The lowest BCUT2D eigenvalue weighted by atomic mass is 10.1. The van der Waals surface area contributed by atoms with E-state index in [0.29, 0.717) is 5.82 Å². The molecule has 0 bridgehead atoms. The number of anilines is 2. The van der Waals surface area contributed by atoms with Crippen LogP contribution in [0.1, 0.15) is 15.9 Å². The first kappa shape index (κ1) is 19.6. The van der Waals surface area contributed by atoms with E-state index in [-0.39, 0.29) is 11.1 Å². The Bertz CT molecular complexity index is 1050. The van der Waals surface area contributed by atoms with Gasteiger partial charge in [-0.05, 0) is 56.9 Å². The van der Waals surface area contributed by atoms with Crippen molar-refractivity contribution in [3.63, 3.8) is 0 Å². The van der Waals surface area contributed by atoms with Gasteiger partial charge in [-0.2, -0.15) is 0 Å². The Labute approximate surface area is 164 Å². The maximum absolute atomic E-state index is 12.7. The number of benzene rings is 1. The van der Waals surface area contributed by atoms with Gasteiger partial charge in [0.1, 0.15) is 11.4 Å². The number of carbonyl (C=O) groups excluding carboxylic acids is 1. The minimum Gasteiger partial charge on any atom is -0.384 e. The lowest BCUT2D eigenvalue weighted by molar-refractivity contribution is 0.102. The van der Waals surface area contributed by atoms with Gasteiger partial charge in [-0.25, -0.2) is 4.98 Å². The van der Waals surface area contributed by atoms with E-state index < -0.39 is 5.91 Å². The molecule has 0 radical (unpaired) electrons. The van der Waals surface area contributed by atoms with Gasteiger partial charge in [0.05, 0.1) is 5.52 Å². The molecule has 1 aromatic carbocycles. The smallest absolute Gasteiger partial charge is 0.263 e. The van der Waals surface area contributed by atoms with Crippen molar-refractivity contribution < 1.29 is 4.79 Å². The van der Waals surface area contributed by atoms with Crippen LogP contribution in [0, 0.1) is 6.92 Å². The molecule has 2 N–H and O–H groups in total. The monoisotopic (exact) mass is 379 g/mol. The molecule has 0 aliphatic carbocycles. The number of amides is 1. The fourth-order valence-electron chi connectivity index (χ4n) is 2.90. The summed E-state index contributed by atoms with van der Waals surface area (Å²) in [6.07, 6.45) is 1.67. The highest BCUT2D eigenvalue weighted by atomic mass is 16.2. The van der Waals surface area contributed by atoms with Gasteiger partial charge in [0.2, 0.25) is 0 Å². The number of hydrogen-bond acceptors (Lipinski definition) is 5. The molecule has 0 aliphatic heterocycles. The predicted octanol–water partition coefficient (Wildman–Crippen LogP) is 2.47. The van der Waals surface area contributed by atoms with Crippen molar-refractivity contribution in [2.45, 2.75) is 6.92 Å². The van der Waals surface area contributed by atoms with Gasteiger partial charge in [0.25, 0.3) is 11.5 Å². The van der Waals surface area contributed by atoms with Crippen LogP contribution in [0.4, 0.5) is 11.5 Å². The number of rotatable bonds is 6. The topological polar surface area (TPSA) is 79.3 Å². The number of fused-ring (bicyclic) bond motifs is 1. The van der Waals surface area contributed by atoms with Crippen molar-refractivity contribution in [2.75, 3.05) is 37.8 Å². The Morgan fingerprint density at radius 1 is 1.18 bits per heavy atom. The summed E-state index contributed by atoms with van der Waals surface area (Å²) >= 11 is 0. The van der Waals surface area contributed by atoms with Crippen LogP contribution in [0.5, 0.6) is 0 Å². The third kappa shape index (κ3) is 4.37. The lowest BCUT2D eigenvalue weighted by Crippen LogP contribution is -2.28. The Morgan fingerprint density at radius 3 is 2.64 bits per heavy atom. The van der Waals surface area contributed by atoms with E-state index in [4.69, 9.17) is 0 Å². The van der Waals surface area contributed by atoms with Crippen LogP contribution in [0.2, 0.25) is 0 Å². The average Bonchev–Trinajstić information content (AvgIpc) is 2.66. The van der Waals surface area contributed by atoms with Crippen molar-refractivity contribution in [1.29, 1.82) is 0 Å². The normalized spacial score (nSPS) is 11.0. The molecule has 7 heteroatoms. The molecule has 146 valence electrons. The van der Waals surface area contributed by atoms with E-state index >= 15 is 0 Å². The molecule has 0 saturated carbocycles. The van der Waals surface area contributed by atoms with E-state index in [9.17, 15) is 9.59 Å². The third-order valence-corrected chi connectivity index (χ3v) is 4.51. The highest BCUT2D eigenvalue weighted by molar-refractivity contribution is 6.05. The first-order valence-electron chi connectivity index (χ1n) is 9.11. The summed E-state index contributed by atoms with van der Waals surface area (Å²) < 4.78 is 1.50. The Kier molecular flexibility index (Phi) is 5.75. The molecule has 0 fully saturated rings. The number of likely N-dealkylation sites (N-methyl/N-ethyl adjacent to an activating group) is 1. The number of pyridine rings is 2. The minimum absolute atomic E-state index is 0.0859. The highest BCUT2D eigenvalue weighted by Crippen LogP contribution is 2.19. The Balaban J connectivity index is 1.90. The minimum atomic E-state index is -0.468. The molecule has 3 rings (SSSR count). The number of aromatic nitrogens is 2. The largest absolute Gasteiger partial charge is 0.384 e. The maximum atomic E-state index is 12.7. The second-order valence-corrected chi connectivity index (χ2v) is 7.10. The van der Waals surface area contributed by atoms with Crippen LogP contribution in [-0.4, -0.2) is 47.5 Å². The van der Waals surface area contributed by atoms with E-state index in [1.54, 1.807) is 25.4 Å². The molecule has 7 nitrogen and oxygen atoms in total. The number of carbonyl (C=O) groups is 1. The van der Waals surface area contributed by atoms with Crippen molar-refractivity contribution in [3.05, 3.63) is 64.1 Å². The number of nitrogens with one attached hydrogen (secondary N) is 2. The van der Waals surface area contributed by atoms with Gasteiger partial charge in [0, 0.05) is 37.4 Å². The van der Waals surface area contributed by atoms with Gasteiger partial charge in [-0.15, -0.1) is 0 Å². The zero-order valence-corrected chi connectivity index (χ0v) is 16.6. The predicted molar refractivity (Wildman–Crippen MR) is 113 cm³/mol. The van der Waals surface area contributed by atoms with E-state index in [1.807, 2.05) is 45.3 Å². The van der Waals surface area contributed by atoms with Crippen LogP contribution < -0.4 is 16.2 Å². The Morgan fingerprint density at radius 2 is 1.96 bits per heavy atom. The van der Waals surface area contributed by atoms with Crippen LogP contribution in [0.25, 0.3) is 10.9 Å². The SMILES string of the molecule is Cc1ccc(NC(=O)c2cc3cc(NCCN(C)C)ccc3n(C)c2=O)nc1. The second kappa shape index (κ2) is 8.22. The third-order valence-electron chi connectivity index (χ3n) is 4.51. The summed E-state index contributed by atoms with van der Waals surface area (Å²) in [5.74, 6) is -0.0540. The lowest BCUT2D eigenvalue weighted by Gasteiger charge is -2.13. The quantitative estimate of drug-likeness (QED) is 0.688. The highest BCUT2D eigenvalue weighted by Gasteiger charge is 2.15. The molecule has 0 atom stereocenters. The molecule has 0 aliphatic rings. The van der Waals surface area contributed by atoms with Gasteiger partial charge in [0.15, 0.2) is 0 Å². The van der Waals surface area contributed by atoms with Crippen molar-refractivity contribution in [1.82, 2.24) is 14.5 Å². The summed E-state index contributed by atoms with van der Waals surface area (Å²) in [5.41, 5.74) is 2.45. The van der Waals surface area contributed by atoms with Crippen molar-refractivity contribution >= 4 is 28.3 Å². The molecule has 2 aromatic heterocycles. The second-order valence-electron chi connectivity index (χ2n) is 7.10. The summed E-state index contributed by atoms with van der Waals surface area (Å²) in [4.78, 5) is 31.6. The first-order chi connectivity index (χ1) is 13.3. The molecule has 2 heterocycles. The van der Waals surface area contributed by atoms with E-state index in [0.717, 1.165) is 35.2 Å². The van der Waals surface area contributed by atoms with Crippen molar-refractivity contribution in [2.24, 2.45) is 7.05 Å². The molecule has 1 amide bonds. The van der Waals surface area contributed by atoms with Crippen LogP contribution in [0.15, 0.2) is 47.4 Å². The summed E-state index contributed by atoms with van der Waals surface area (Å²) in [7, 11) is 5.71. The number of nitrogens with zero attached hydrogens (tertiary/aromatic N) is 3. The van der Waals surface area contributed by atoms with E-state index in [2.05, 4.69) is 20.5 Å². The summed E-state index contributed by atoms with van der Waals surface area (Å²) in [5, 5.41) is 6.87. The zero-order chi connectivity index (χ0) is 20.3. The standard InChI is InChI=1S/C21H25N5O2/c1-14-5-8-19(23-13-14)24-20(27)17-12-15-11-16(22-9-10-25(2)3)6-7-18(15)26(4)21(17)28/h5-8,11-13,22H,9-10H2,1-4H3,(H,23,24,27). The van der Waals surface area contributed by atoms with Gasteiger partial charge < -0.3 is 20.1 Å². The molecular formula is C21H25N5O2. The molecule has 0 spiro atoms. The molecule has 0 unspecified atom stereocenters. The van der Waals surface area contributed by atoms with Gasteiger partial charge in [-0.1, -0.05) is 6.07 Å². The van der Waals surface area contributed by atoms with Gasteiger partial charge in [-0.3, -0.25) is 9.59 Å².